The third kappa shape index (κ3) is 3.18. The molecule has 0 aliphatic rings. The summed E-state index contributed by atoms with van der Waals surface area (Å²) in [4.78, 5) is 0. The van der Waals surface area contributed by atoms with Gasteiger partial charge in [0.2, 0.25) is 0 Å². The molecule has 0 spiro atoms. The summed E-state index contributed by atoms with van der Waals surface area (Å²) in [6, 6.07) is 0. The van der Waals surface area contributed by atoms with Crippen molar-refractivity contribution in [3.63, 3.8) is 0 Å². The van der Waals surface area contributed by atoms with E-state index in [1.807, 2.05) is 6.92 Å². The summed E-state index contributed by atoms with van der Waals surface area (Å²) < 4.78 is 0. The minimum Gasteiger partial charge on any atom is -0.396 e. The molecule has 0 atom stereocenters. The van der Waals surface area contributed by atoms with E-state index in [4.69, 9.17) is 10.2 Å². The minimum atomic E-state index is -0.254. The Kier molecular flexibility index (Phi) is 4.65. The molecule has 0 amide bonds. The Morgan fingerprint density at radius 3 is 2.00 bits per heavy atom. The summed E-state index contributed by atoms with van der Waals surface area (Å²) in [6.07, 6.45) is 3.11. The van der Waals surface area contributed by atoms with E-state index in [-0.39, 0.29) is 18.6 Å². The van der Waals surface area contributed by atoms with Crippen molar-refractivity contribution >= 4 is 0 Å². The van der Waals surface area contributed by atoms with E-state index in [0.29, 0.717) is 0 Å². The number of aliphatic hydroxyl groups is 2. The Hall–Kier alpha value is -0.0800. The van der Waals surface area contributed by atoms with E-state index in [0.717, 1.165) is 19.3 Å². The van der Waals surface area contributed by atoms with Gasteiger partial charge in [0, 0.05) is 5.41 Å². The van der Waals surface area contributed by atoms with Gasteiger partial charge in [0.1, 0.15) is 0 Å². The molecule has 0 aliphatic carbocycles. The number of rotatable bonds is 5. The minimum absolute atomic E-state index is 0.0868. The van der Waals surface area contributed by atoms with Crippen LogP contribution in [0.3, 0.4) is 0 Å². The summed E-state index contributed by atoms with van der Waals surface area (Å²) in [5.41, 5.74) is -0.254. The molecule has 0 fully saturated rings. The molecule has 2 N–H and O–H groups in total. The van der Waals surface area contributed by atoms with Crippen LogP contribution in [0.1, 0.15) is 33.1 Å². The molecule has 0 saturated carbocycles. The quantitative estimate of drug-likeness (QED) is 0.611. The second kappa shape index (κ2) is 4.69. The van der Waals surface area contributed by atoms with Crippen molar-refractivity contribution < 1.29 is 10.2 Å². The van der Waals surface area contributed by atoms with E-state index in [1.165, 1.54) is 0 Å². The van der Waals surface area contributed by atoms with Crippen LogP contribution < -0.4 is 0 Å². The molecule has 0 aromatic heterocycles. The van der Waals surface area contributed by atoms with Crippen LogP contribution in [-0.2, 0) is 0 Å². The van der Waals surface area contributed by atoms with Gasteiger partial charge < -0.3 is 10.2 Å². The van der Waals surface area contributed by atoms with Gasteiger partial charge in [-0.05, 0) is 6.42 Å². The van der Waals surface area contributed by atoms with Gasteiger partial charge in [-0.2, -0.15) is 0 Å². The van der Waals surface area contributed by atoms with Crippen molar-refractivity contribution in [1.29, 1.82) is 0 Å². The Morgan fingerprint density at radius 2 is 1.70 bits per heavy atom. The van der Waals surface area contributed by atoms with Crippen LogP contribution in [0.25, 0.3) is 0 Å². The highest BCUT2D eigenvalue weighted by Crippen LogP contribution is 2.21. The van der Waals surface area contributed by atoms with Gasteiger partial charge in [-0.1, -0.05) is 26.7 Å². The molecule has 0 aliphatic heterocycles. The van der Waals surface area contributed by atoms with Crippen LogP contribution in [0.4, 0.5) is 0 Å². The second-order valence-electron chi connectivity index (χ2n) is 3.23. The van der Waals surface area contributed by atoms with Crippen molar-refractivity contribution in [1.82, 2.24) is 0 Å². The molecule has 0 rings (SSSR count). The smallest absolute Gasteiger partial charge is 0.0506 e. The summed E-state index contributed by atoms with van der Waals surface area (Å²) in [6.45, 7) is 4.19. The summed E-state index contributed by atoms with van der Waals surface area (Å²) in [5, 5.41) is 17.7. The Bertz CT molecular complexity index is 77.3. The van der Waals surface area contributed by atoms with Crippen molar-refractivity contribution in [2.45, 2.75) is 33.1 Å². The first-order valence-electron chi connectivity index (χ1n) is 3.90. The lowest BCUT2D eigenvalue weighted by Gasteiger charge is -2.23. The molecule has 10 heavy (non-hydrogen) atoms. The highest BCUT2D eigenvalue weighted by molar-refractivity contribution is 4.71. The molecule has 0 heterocycles. The molecule has 2 heteroatoms. The molecular formula is C8H18O2. The standard InChI is InChI=1S/C8H18O2/c1-3-4-5-8(2,6-9)7-10/h9-10H,3-7H2,1-2H3. The lowest BCUT2D eigenvalue weighted by Crippen LogP contribution is -2.25. The average molecular weight is 146 g/mol. The molecule has 0 radical (unpaired) electrons. The highest BCUT2D eigenvalue weighted by atomic mass is 16.3. The van der Waals surface area contributed by atoms with Gasteiger partial charge in [-0.3, -0.25) is 0 Å². The molecule has 0 bridgehead atoms. The summed E-state index contributed by atoms with van der Waals surface area (Å²) in [5.74, 6) is 0. The normalized spacial score (nSPS) is 12.0. The predicted molar refractivity (Wildman–Crippen MR) is 41.8 cm³/mol. The predicted octanol–water partition coefficient (Wildman–Crippen LogP) is 1.17. The molecule has 0 saturated heterocycles. The van der Waals surface area contributed by atoms with Crippen LogP contribution >= 0.6 is 0 Å². The maximum atomic E-state index is 8.85. The van der Waals surface area contributed by atoms with Gasteiger partial charge in [-0.25, -0.2) is 0 Å². The van der Waals surface area contributed by atoms with Gasteiger partial charge in [0.15, 0.2) is 0 Å². The zero-order valence-electron chi connectivity index (χ0n) is 6.93. The summed E-state index contributed by atoms with van der Waals surface area (Å²) >= 11 is 0. The fraction of sp³-hybridized carbons (Fsp3) is 1.00. The van der Waals surface area contributed by atoms with Gasteiger partial charge in [0.25, 0.3) is 0 Å². The maximum Gasteiger partial charge on any atom is 0.0506 e. The van der Waals surface area contributed by atoms with Crippen molar-refractivity contribution in [3.05, 3.63) is 0 Å². The average Bonchev–Trinajstić information content (AvgIpc) is 2.00. The van der Waals surface area contributed by atoms with Crippen LogP contribution in [0.15, 0.2) is 0 Å². The van der Waals surface area contributed by atoms with E-state index in [1.54, 1.807) is 0 Å². The third-order valence-electron chi connectivity index (χ3n) is 1.90. The number of aliphatic hydroxyl groups excluding tert-OH is 2. The first kappa shape index (κ1) is 9.92. The fourth-order valence-electron chi connectivity index (χ4n) is 0.812. The molecule has 62 valence electrons. The third-order valence-corrected chi connectivity index (χ3v) is 1.90. The molecule has 0 aromatic carbocycles. The fourth-order valence-corrected chi connectivity index (χ4v) is 0.812. The highest BCUT2D eigenvalue weighted by Gasteiger charge is 2.20. The van der Waals surface area contributed by atoms with E-state index >= 15 is 0 Å². The van der Waals surface area contributed by atoms with Crippen molar-refractivity contribution in [2.24, 2.45) is 5.41 Å². The summed E-state index contributed by atoms with van der Waals surface area (Å²) in [7, 11) is 0. The molecule has 0 unspecified atom stereocenters. The molecule has 0 aromatic rings. The van der Waals surface area contributed by atoms with Crippen molar-refractivity contribution in [3.8, 4) is 0 Å². The van der Waals surface area contributed by atoms with E-state index in [2.05, 4.69) is 6.92 Å². The van der Waals surface area contributed by atoms with E-state index in [9.17, 15) is 0 Å². The zero-order chi connectivity index (χ0) is 8.04. The number of hydrogen-bond acceptors (Lipinski definition) is 2. The van der Waals surface area contributed by atoms with Crippen LogP contribution in [0.2, 0.25) is 0 Å². The monoisotopic (exact) mass is 146 g/mol. The van der Waals surface area contributed by atoms with Crippen molar-refractivity contribution in [2.75, 3.05) is 13.2 Å². The zero-order valence-corrected chi connectivity index (χ0v) is 6.93. The Morgan fingerprint density at radius 1 is 1.20 bits per heavy atom. The molecular weight excluding hydrogens is 128 g/mol. The Labute approximate surface area is 62.9 Å². The lowest BCUT2D eigenvalue weighted by molar-refractivity contribution is 0.0610. The largest absolute Gasteiger partial charge is 0.396 e. The number of unbranched alkanes of at least 4 members (excludes halogenated alkanes) is 1. The SMILES string of the molecule is CCCCC(C)(CO)CO. The van der Waals surface area contributed by atoms with Crippen LogP contribution in [0.5, 0.6) is 0 Å². The van der Waals surface area contributed by atoms with E-state index < -0.39 is 0 Å². The van der Waals surface area contributed by atoms with Gasteiger partial charge >= 0.3 is 0 Å². The first-order chi connectivity index (χ1) is 4.68. The van der Waals surface area contributed by atoms with Gasteiger partial charge in [-0.15, -0.1) is 0 Å². The second-order valence-corrected chi connectivity index (χ2v) is 3.23. The topological polar surface area (TPSA) is 40.5 Å². The van der Waals surface area contributed by atoms with Gasteiger partial charge in [0.05, 0.1) is 13.2 Å². The van der Waals surface area contributed by atoms with Crippen LogP contribution in [-0.4, -0.2) is 23.4 Å². The Balaban J connectivity index is 3.58. The molecule has 2 nitrogen and oxygen atoms in total. The lowest BCUT2D eigenvalue weighted by atomic mass is 9.87. The number of hydrogen-bond donors (Lipinski definition) is 2. The maximum absolute atomic E-state index is 8.85. The van der Waals surface area contributed by atoms with Crippen LogP contribution in [0, 0.1) is 5.41 Å². The first-order valence-corrected chi connectivity index (χ1v) is 3.90.